The van der Waals surface area contributed by atoms with E-state index in [9.17, 15) is 9.59 Å². The van der Waals surface area contributed by atoms with E-state index in [4.69, 9.17) is 9.84 Å². The lowest BCUT2D eigenvalue weighted by Gasteiger charge is -2.18. The smallest absolute Gasteiger partial charge is 0.306 e. The summed E-state index contributed by atoms with van der Waals surface area (Å²) < 4.78 is 5.86. The molecule has 0 radical (unpaired) electrons. The van der Waals surface area contributed by atoms with Crippen molar-refractivity contribution in [1.29, 1.82) is 0 Å². The molecule has 0 amide bonds. The summed E-state index contributed by atoms with van der Waals surface area (Å²) in [7, 11) is 0. The Kier molecular flexibility index (Phi) is 28.7. The Morgan fingerprint density at radius 3 is 1.61 bits per heavy atom. The number of carboxylic acids is 1. The van der Waals surface area contributed by atoms with Crippen molar-refractivity contribution in [3.8, 4) is 0 Å². The average molecular weight is 535 g/mol. The van der Waals surface area contributed by atoms with Crippen LogP contribution in [0.15, 0.2) is 24.3 Å². The van der Waals surface area contributed by atoms with Crippen molar-refractivity contribution in [1.82, 2.24) is 0 Å². The number of carbonyl (C=O) groups excluding carboxylic acids is 1. The number of allylic oxidation sites excluding steroid dienone is 4. The number of carboxylic acid groups (broad SMARTS) is 1. The molecule has 0 aromatic heterocycles. The number of hydrogen-bond acceptors (Lipinski definition) is 3. The standard InChI is InChI=1S/C34H62O4/c1-3-5-7-9-10-11-12-13-14-15-16-17-18-19-20-21-27-31-34(37)38-32(28-24-8-6-4-2)29-25-22-23-26-30-33(35)36/h10-11,13-14,32H,3-9,12,15-31H2,1-2H3,(H,35,36)/b11-10-,14-13-. The second kappa shape index (κ2) is 30.0. The predicted molar refractivity (Wildman–Crippen MR) is 163 cm³/mol. The lowest BCUT2D eigenvalue weighted by atomic mass is 10.0. The molecule has 0 aliphatic heterocycles. The third kappa shape index (κ3) is 29.0. The summed E-state index contributed by atoms with van der Waals surface area (Å²) in [6.45, 7) is 4.46. The normalized spacial score (nSPS) is 12.5. The Labute approximate surface area is 236 Å². The fourth-order valence-electron chi connectivity index (χ4n) is 4.74. The number of hydrogen-bond donors (Lipinski definition) is 1. The topological polar surface area (TPSA) is 63.6 Å². The third-order valence-electron chi connectivity index (χ3n) is 7.18. The Morgan fingerprint density at radius 2 is 1.03 bits per heavy atom. The first-order valence-corrected chi connectivity index (χ1v) is 16.3. The number of esters is 1. The summed E-state index contributed by atoms with van der Waals surface area (Å²) in [6, 6.07) is 0. The van der Waals surface area contributed by atoms with E-state index in [-0.39, 0.29) is 18.5 Å². The van der Waals surface area contributed by atoms with Crippen LogP contribution in [-0.2, 0) is 14.3 Å². The molecule has 0 fully saturated rings. The molecule has 1 unspecified atom stereocenters. The molecule has 0 aromatic carbocycles. The molecule has 0 spiro atoms. The van der Waals surface area contributed by atoms with Crippen molar-refractivity contribution in [3.05, 3.63) is 24.3 Å². The van der Waals surface area contributed by atoms with Gasteiger partial charge in [0, 0.05) is 12.8 Å². The molecule has 0 aliphatic rings. The predicted octanol–water partition coefficient (Wildman–Crippen LogP) is 10.9. The van der Waals surface area contributed by atoms with Crippen LogP contribution in [0.4, 0.5) is 0 Å². The van der Waals surface area contributed by atoms with E-state index in [0.29, 0.717) is 6.42 Å². The van der Waals surface area contributed by atoms with Crippen LogP contribution >= 0.6 is 0 Å². The van der Waals surface area contributed by atoms with E-state index < -0.39 is 5.97 Å². The highest BCUT2D eigenvalue weighted by molar-refractivity contribution is 5.69. The number of ether oxygens (including phenoxy) is 1. The van der Waals surface area contributed by atoms with Gasteiger partial charge in [-0.25, -0.2) is 0 Å². The minimum atomic E-state index is -0.715. The van der Waals surface area contributed by atoms with Crippen molar-refractivity contribution < 1.29 is 19.4 Å². The molecular formula is C34H62O4. The maximum absolute atomic E-state index is 12.4. The highest BCUT2D eigenvalue weighted by Gasteiger charge is 2.14. The molecule has 1 N–H and O–H groups in total. The zero-order chi connectivity index (χ0) is 27.9. The zero-order valence-electron chi connectivity index (χ0n) is 25.2. The molecule has 1 atom stereocenters. The fraction of sp³-hybridized carbons (Fsp3) is 0.824. The highest BCUT2D eigenvalue weighted by Crippen LogP contribution is 2.18. The summed E-state index contributed by atoms with van der Waals surface area (Å²) in [6.07, 6.45) is 36.3. The lowest BCUT2D eigenvalue weighted by molar-refractivity contribution is -0.150. The van der Waals surface area contributed by atoms with Gasteiger partial charge >= 0.3 is 11.9 Å². The second-order valence-corrected chi connectivity index (χ2v) is 11.0. The molecule has 0 aromatic rings. The largest absolute Gasteiger partial charge is 0.481 e. The Bertz CT molecular complexity index is 581. The first-order valence-electron chi connectivity index (χ1n) is 16.3. The van der Waals surface area contributed by atoms with Gasteiger partial charge in [-0.05, 0) is 70.6 Å². The molecular weight excluding hydrogens is 472 g/mol. The molecule has 0 saturated carbocycles. The van der Waals surface area contributed by atoms with Crippen LogP contribution in [0.25, 0.3) is 0 Å². The van der Waals surface area contributed by atoms with Crippen LogP contribution in [0.3, 0.4) is 0 Å². The maximum atomic E-state index is 12.4. The lowest BCUT2D eigenvalue weighted by Crippen LogP contribution is -2.18. The summed E-state index contributed by atoms with van der Waals surface area (Å²) in [5, 5.41) is 8.75. The van der Waals surface area contributed by atoms with Gasteiger partial charge in [-0.1, -0.05) is 115 Å². The van der Waals surface area contributed by atoms with Crippen molar-refractivity contribution in [2.75, 3.05) is 0 Å². The summed E-state index contributed by atoms with van der Waals surface area (Å²) in [5.74, 6) is -0.744. The van der Waals surface area contributed by atoms with Gasteiger partial charge in [-0.15, -0.1) is 0 Å². The molecule has 0 heterocycles. The van der Waals surface area contributed by atoms with Gasteiger partial charge < -0.3 is 9.84 Å². The van der Waals surface area contributed by atoms with E-state index in [1.807, 2.05) is 0 Å². The quantitative estimate of drug-likeness (QED) is 0.0589. The summed E-state index contributed by atoms with van der Waals surface area (Å²) in [4.78, 5) is 23.0. The van der Waals surface area contributed by atoms with Gasteiger partial charge in [0.05, 0.1) is 0 Å². The second-order valence-electron chi connectivity index (χ2n) is 11.0. The maximum Gasteiger partial charge on any atom is 0.306 e. The molecule has 4 nitrogen and oxygen atoms in total. The van der Waals surface area contributed by atoms with Gasteiger partial charge in [-0.2, -0.15) is 0 Å². The minimum absolute atomic E-state index is 0.0287. The van der Waals surface area contributed by atoms with E-state index in [1.165, 1.54) is 83.5 Å². The first-order chi connectivity index (χ1) is 18.6. The van der Waals surface area contributed by atoms with E-state index in [0.717, 1.165) is 64.2 Å². The van der Waals surface area contributed by atoms with Crippen LogP contribution in [-0.4, -0.2) is 23.1 Å². The van der Waals surface area contributed by atoms with Gasteiger partial charge in [0.15, 0.2) is 0 Å². The summed E-state index contributed by atoms with van der Waals surface area (Å²) in [5.41, 5.74) is 0. The SMILES string of the molecule is CCCCC/C=C\C/C=C\CCCCCCCCCC(=O)OC(CCCCCC)CCCCCCC(=O)O. The highest BCUT2D eigenvalue weighted by atomic mass is 16.5. The average Bonchev–Trinajstić information content (AvgIpc) is 2.90. The molecule has 0 saturated heterocycles. The van der Waals surface area contributed by atoms with Gasteiger partial charge in [0.1, 0.15) is 6.10 Å². The van der Waals surface area contributed by atoms with Crippen LogP contribution in [0.5, 0.6) is 0 Å². The van der Waals surface area contributed by atoms with Gasteiger partial charge in [-0.3, -0.25) is 9.59 Å². The first kappa shape index (κ1) is 36.4. The van der Waals surface area contributed by atoms with Crippen LogP contribution in [0.1, 0.15) is 174 Å². The van der Waals surface area contributed by atoms with Crippen LogP contribution in [0.2, 0.25) is 0 Å². The monoisotopic (exact) mass is 534 g/mol. The Balaban J connectivity index is 3.78. The number of aliphatic carboxylic acids is 1. The molecule has 38 heavy (non-hydrogen) atoms. The summed E-state index contributed by atoms with van der Waals surface area (Å²) >= 11 is 0. The number of carbonyl (C=O) groups is 2. The molecule has 4 heteroatoms. The van der Waals surface area contributed by atoms with E-state index in [2.05, 4.69) is 38.2 Å². The zero-order valence-corrected chi connectivity index (χ0v) is 25.2. The van der Waals surface area contributed by atoms with Crippen molar-refractivity contribution in [2.45, 2.75) is 180 Å². The van der Waals surface area contributed by atoms with Crippen molar-refractivity contribution in [3.63, 3.8) is 0 Å². The Hall–Kier alpha value is -1.58. The van der Waals surface area contributed by atoms with Crippen LogP contribution < -0.4 is 0 Å². The Morgan fingerprint density at radius 1 is 0.579 bits per heavy atom. The molecule has 0 bridgehead atoms. The van der Waals surface area contributed by atoms with Crippen LogP contribution in [0, 0.1) is 0 Å². The third-order valence-corrected chi connectivity index (χ3v) is 7.18. The van der Waals surface area contributed by atoms with Gasteiger partial charge in [0.25, 0.3) is 0 Å². The van der Waals surface area contributed by atoms with Crippen molar-refractivity contribution in [2.24, 2.45) is 0 Å². The van der Waals surface area contributed by atoms with Crippen molar-refractivity contribution >= 4 is 11.9 Å². The minimum Gasteiger partial charge on any atom is -0.481 e. The van der Waals surface area contributed by atoms with E-state index in [1.54, 1.807) is 0 Å². The van der Waals surface area contributed by atoms with E-state index >= 15 is 0 Å². The number of unbranched alkanes of at least 4 members (excludes halogenated alkanes) is 16. The molecule has 0 rings (SSSR count). The van der Waals surface area contributed by atoms with Gasteiger partial charge in [0.2, 0.25) is 0 Å². The number of rotatable bonds is 29. The molecule has 222 valence electrons. The molecule has 0 aliphatic carbocycles. The fourth-order valence-corrected chi connectivity index (χ4v) is 4.74.